The predicted molar refractivity (Wildman–Crippen MR) is 141 cm³/mol. The van der Waals surface area contributed by atoms with Gasteiger partial charge in [-0.1, -0.05) is 13.0 Å². The molecular formula is C26H32N6O7. The molecule has 1 aromatic carbocycles. The van der Waals surface area contributed by atoms with Crippen LogP contribution in [-0.2, 0) is 19.1 Å². The van der Waals surface area contributed by atoms with Gasteiger partial charge in [-0.05, 0) is 56.4 Å². The van der Waals surface area contributed by atoms with E-state index in [4.69, 9.17) is 14.6 Å². The second kappa shape index (κ2) is 12.1. The van der Waals surface area contributed by atoms with Crippen molar-refractivity contribution in [2.24, 2.45) is 16.0 Å². The molecule has 0 aromatic heterocycles. The van der Waals surface area contributed by atoms with Crippen LogP contribution in [0, 0.1) is 12.8 Å². The standard InChI is InChI=1S/C26H32N6O7/c1-4-9-27-25(36)19-11-31-22(16(19)3)23(28-13-29-31)32(26(37)39-14-38-21(34)12-33)20-10-17(6-5-15(20)2)24(35)30-18-7-8-18/h5-6,10,13,18-19,33H,4,7-9,11-12,14H2,1-3H3,(H,27,36)(H,30,35). The third-order valence-corrected chi connectivity index (χ3v) is 6.51. The molecule has 0 spiro atoms. The third-order valence-electron chi connectivity index (χ3n) is 6.51. The van der Waals surface area contributed by atoms with Crippen LogP contribution in [0.2, 0.25) is 0 Å². The zero-order chi connectivity index (χ0) is 28.1. The molecule has 1 atom stereocenters. The van der Waals surface area contributed by atoms with E-state index in [1.807, 2.05) is 6.92 Å². The van der Waals surface area contributed by atoms with E-state index in [1.54, 1.807) is 37.1 Å². The lowest BCUT2D eigenvalue weighted by atomic mass is 10.0. The summed E-state index contributed by atoms with van der Waals surface area (Å²) in [6, 6.07) is 5.06. The number of nitrogens with one attached hydrogen (secondary N) is 2. The van der Waals surface area contributed by atoms with E-state index in [0.717, 1.165) is 19.3 Å². The van der Waals surface area contributed by atoms with Crippen LogP contribution in [0.4, 0.5) is 10.5 Å². The number of fused-ring (bicyclic) bond motifs is 1. The molecular weight excluding hydrogens is 508 g/mol. The molecule has 3 N–H and O–H groups in total. The summed E-state index contributed by atoms with van der Waals surface area (Å²) in [7, 11) is 0. The van der Waals surface area contributed by atoms with Crippen molar-refractivity contribution >= 4 is 41.7 Å². The van der Waals surface area contributed by atoms with Gasteiger partial charge in [-0.3, -0.25) is 14.6 Å². The lowest BCUT2D eigenvalue weighted by Gasteiger charge is -2.30. The number of hydrogen-bond donors (Lipinski definition) is 3. The van der Waals surface area contributed by atoms with E-state index in [0.29, 0.717) is 34.6 Å². The van der Waals surface area contributed by atoms with Crippen molar-refractivity contribution in [2.75, 3.05) is 31.4 Å². The fourth-order valence-electron chi connectivity index (χ4n) is 4.23. The molecule has 0 radical (unpaired) electrons. The van der Waals surface area contributed by atoms with Gasteiger partial charge in [-0.2, -0.15) is 5.10 Å². The number of hydrazone groups is 1. The molecule has 13 nitrogen and oxygen atoms in total. The number of amidine groups is 1. The topological polar surface area (TPSA) is 162 Å². The van der Waals surface area contributed by atoms with E-state index >= 15 is 0 Å². The van der Waals surface area contributed by atoms with E-state index in [-0.39, 0.29) is 30.2 Å². The average molecular weight is 541 g/mol. The summed E-state index contributed by atoms with van der Waals surface area (Å²) in [4.78, 5) is 56.1. The third kappa shape index (κ3) is 6.25. The monoisotopic (exact) mass is 540 g/mol. The summed E-state index contributed by atoms with van der Waals surface area (Å²) in [6.07, 6.45) is 2.94. The highest BCUT2D eigenvalue weighted by Crippen LogP contribution is 2.35. The molecule has 1 fully saturated rings. The van der Waals surface area contributed by atoms with E-state index < -0.39 is 31.4 Å². The molecule has 1 unspecified atom stereocenters. The fraction of sp³-hybridized carbons (Fsp3) is 0.462. The summed E-state index contributed by atoms with van der Waals surface area (Å²) in [5, 5.41) is 20.6. The Hall–Kier alpha value is -4.26. The van der Waals surface area contributed by atoms with E-state index in [1.165, 1.54) is 11.2 Å². The number of rotatable bonds is 9. The highest BCUT2D eigenvalue weighted by molar-refractivity contribution is 6.24. The van der Waals surface area contributed by atoms with Crippen LogP contribution in [0.15, 0.2) is 39.6 Å². The quantitative estimate of drug-likeness (QED) is 0.313. The molecule has 2 heterocycles. The van der Waals surface area contributed by atoms with Crippen molar-refractivity contribution in [3.05, 3.63) is 40.6 Å². The number of ether oxygens (including phenoxy) is 2. The molecule has 3 amide bonds. The van der Waals surface area contributed by atoms with Crippen molar-refractivity contribution in [1.29, 1.82) is 0 Å². The number of aliphatic hydroxyl groups is 1. The molecule has 208 valence electrons. The minimum Gasteiger partial charge on any atom is -0.426 e. The predicted octanol–water partition coefficient (Wildman–Crippen LogP) is 1.41. The summed E-state index contributed by atoms with van der Waals surface area (Å²) < 4.78 is 9.92. The number of aliphatic hydroxyl groups excluding tert-OH is 1. The fourth-order valence-corrected chi connectivity index (χ4v) is 4.23. The number of nitrogens with zero attached hydrogens (tertiary/aromatic N) is 4. The van der Waals surface area contributed by atoms with Crippen LogP contribution in [0.3, 0.4) is 0 Å². The minimum absolute atomic E-state index is 0.134. The Morgan fingerprint density at radius 2 is 1.95 bits per heavy atom. The van der Waals surface area contributed by atoms with Gasteiger partial charge in [0.1, 0.15) is 18.6 Å². The zero-order valence-corrected chi connectivity index (χ0v) is 22.1. The second-order valence-corrected chi connectivity index (χ2v) is 9.43. The number of aliphatic imine (C=N–C) groups is 1. The molecule has 1 aliphatic carbocycles. The van der Waals surface area contributed by atoms with Gasteiger partial charge in [0.15, 0.2) is 5.84 Å². The van der Waals surface area contributed by atoms with Gasteiger partial charge in [0, 0.05) is 18.2 Å². The molecule has 39 heavy (non-hydrogen) atoms. The Bertz CT molecular complexity index is 1250. The Morgan fingerprint density at radius 1 is 1.18 bits per heavy atom. The van der Waals surface area contributed by atoms with Crippen molar-refractivity contribution in [1.82, 2.24) is 15.6 Å². The molecule has 2 aliphatic heterocycles. The summed E-state index contributed by atoms with van der Waals surface area (Å²) in [5.41, 5.74) is 2.38. The van der Waals surface area contributed by atoms with Gasteiger partial charge in [0.2, 0.25) is 12.7 Å². The largest absolute Gasteiger partial charge is 0.426 e. The Morgan fingerprint density at radius 3 is 2.64 bits per heavy atom. The molecule has 0 bridgehead atoms. The van der Waals surface area contributed by atoms with Gasteiger partial charge >= 0.3 is 12.1 Å². The maximum absolute atomic E-state index is 13.5. The Kier molecular flexibility index (Phi) is 8.59. The zero-order valence-electron chi connectivity index (χ0n) is 22.1. The second-order valence-electron chi connectivity index (χ2n) is 9.43. The molecule has 3 aliphatic rings. The van der Waals surface area contributed by atoms with Gasteiger partial charge < -0.3 is 25.2 Å². The molecule has 13 heteroatoms. The minimum atomic E-state index is -0.965. The first kappa shape index (κ1) is 27.8. The van der Waals surface area contributed by atoms with Crippen molar-refractivity contribution < 1.29 is 33.8 Å². The van der Waals surface area contributed by atoms with Gasteiger partial charge in [-0.25, -0.2) is 19.5 Å². The van der Waals surface area contributed by atoms with E-state index in [9.17, 15) is 19.2 Å². The lowest BCUT2D eigenvalue weighted by molar-refractivity contribution is -0.154. The van der Waals surface area contributed by atoms with Crippen LogP contribution in [-0.4, -0.2) is 78.7 Å². The van der Waals surface area contributed by atoms with Crippen molar-refractivity contribution in [3.63, 3.8) is 0 Å². The number of carbonyl (C=O) groups excluding carboxylic acids is 4. The first-order valence-electron chi connectivity index (χ1n) is 12.8. The number of hydrogen-bond acceptors (Lipinski definition) is 10. The lowest BCUT2D eigenvalue weighted by Crippen LogP contribution is -2.43. The Balaban J connectivity index is 1.72. The maximum Gasteiger partial charge on any atom is 0.423 e. The molecule has 0 saturated heterocycles. The van der Waals surface area contributed by atoms with Crippen LogP contribution in [0.5, 0.6) is 0 Å². The SMILES string of the molecule is CCCNC(=O)C1CN2N=CN=C(N(C(=O)OCOC(=O)CO)c3cc(C(=O)NC4CC4)ccc3C)C2=C1C. The molecule has 1 saturated carbocycles. The normalized spacial score (nSPS) is 17.8. The smallest absolute Gasteiger partial charge is 0.423 e. The number of amides is 3. The Labute approximate surface area is 225 Å². The number of esters is 1. The average Bonchev–Trinajstić information content (AvgIpc) is 3.68. The van der Waals surface area contributed by atoms with Crippen LogP contribution >= 0.6 is 0 Å². The number of anilines is 1. The van der Waals surface area contributed by atoms with Gasteiger partial charge in [-0.15, -0.1) is 0 Å². The van der Waals surface area contributed by atoms with Crippen molar-refractivity contribution in [3.8, 4) is 0 Å². The number of benzene rings is 1. The first-order valence-corrected chi connectivity index (χ1v) is 12.8. The van der Waals surface area contributed by atoms with Crippen molar-refractivity contribution in [2.45, 2.75) is 46.1 Å². The number of aryl methyl sites for hydroxylation is 1. The highest BCUT2D eigenvalue weighted by atomic mass is 16.7. The van der Waals surface area contributed by atoms with Crippen LogP contribution in [0.1, 0.15) is 49.0 Å². The summed E-state index contributed by atoms with van der Waals surface area (Å²) in [6.45, 7) is 4.66. The van der Waals surface area contributed by atoms with Crippen LogP contribution in [0.25, 0.3) is 0 Å². The van der Waals surface area contributed by atoms with Gasteiger partial charge in [0.25, 0.3) is 5.91 Å². The molecule has 4 rings (SSSR count). The van der Waals surface area contributed by atoms with E-state index in [2.05, 4.69) is 20.7 Å². The number of carbonyl (C=O) groups is 4. The van der Waals surface area contributed by atoms with Crippen LogP contribution < -0.4 is 15.5 Å². The van der Waals surface area contributed by atoms with Gasteiger partial charge in [0.05, 0.1) is 18.2 Å². The molecule has 1 aromatic rings. The highest BCUT2D eigenvalue weighted by Gasteiger charge is 2.41. The summed E-state index contributed by atoms with van der Waals surface area (Å²) >= 11 is 0. The first-order chi connectivity index (χ1) is 18.7. The summed E-state index contributed by atoms with van der Waals surface area (Å²) in [5.74, 6) is -1.79. The maximum atomic E-state index is 13.5.